The molecule has 1 aliphatic rings. The van der Waals surface area contributed by atoms with Gasteiger partial charge in [0.1, 0.15) is 5.69 Å². The number of aromatic nitrogens is 3. The number of pyridine rings is 1. The minimum Gasteiger partial charge on any atom is -0.329 e. The minimum atomic E-state index is -0.0187. The van der Waals surface area contributed by atoms with E-state index in [0.29, 0.717) is 5.69 Å². The zero-order valence-electron chi connectivity index (χ0n) is 13.2. The highest BCUT2D eigenvalue weighted by Crippen LogP contribution is 2.48. The van der Waals surface area contributed by atoms with E-state index in [2.05, 4.69) is 23.8 Å². The molecule has 5 heteroatoms. The van der Waals surface area contributed by atoms with Gasteiger partial charge in [-0.1, -0.05) is 13.8 Å². The van der Waals surface area contributed by atoms with Gasteiger partial charge in [0.2, 0.25) is 0 Å². The van der Waals surface area contributed by atoms with Crippen molar-refractivity contribution in [3.63, 3.8) is 0 Å². The van der Waals surface area contributed by atoms with Gasteiger partial charge in [-0.3, -0.25) is 9.78 Å². The molecule has 0 N–H and O–H groups in total. The van der Waals surface area contributed by atoms with Crippen molar-refractivity contribution in [1.82, 2.24) is 19.3 Å². The van der Waals surface area contributed by atoms with E-state index in [1.54, 1.807) is 18.7 Å². The van der Waals surface area contributed by atoms with E-state index in [0.717, 1.165) is 17.6 Å². The van der Waals surface area contributed by atoms with Crippen molar-refractivity contribution in [1.29, 1.82) is 0 Å². The average Bonchev–Trinajstić information content (AvgIpc) is 3.00. The number of likely N-dealkylation sites (tertiary alicyclic amines) is 1. The molecule has 4 heterocycles. The first-order valence-electron chi connectivity index (χ1n) is 7.70. The third kappa shape index (κ3) is 2.20. The number of nitrogens with zero attached hydrogens (tertiary/aromatic N) is 4. The van der Waals surface area contributed by atoms with E-state index in [1.807, 2.05) is 45.8 Å². The summed E-state index contributed by atoms with van der Waals surface area (Å²) < 4.78 is 1.90. The van der Waals surface area contributed by atoms with Gasteiger partial charge in [0.25, 0.3) is 5.91 Å². The quantitative estimate of drug-likeness (QED) is 0.731. The molecule has 0 radical (unpaired) electrons. The molecular formula is C18H18N4O. The van der Waals surface area contributed by atoms with E-state index in [4.69, 9.17) is 0 Å². The van der Waals surface area contributed by atoms with Crippen molar-refractivity contribution >= 4 is 11.4 Å². The normalized spacial score (nSPS) is 19.6. The predicted octanol–water partition coefficient (Wildman–Crippen LogP) is 2.95. The Bertz CT molecular complexity index is 869. The van der Waals surface area contributed by atoms with E-state index in [9.17, 15) is 4.79 Å². The van der Waals surface area contributed by atoms with Crippen molar-refractivity contribution in [2.75, 3.05) is 6.54 Å². The first kappa shape index (κ1) is 13.9. The summed E-state index contributed by atoms with van der Waals surface area (Å²) in [6.45, 7) is 5.10. The van der Waals surface area contributed by atoms with Gasteiger partial charge in [0.05, 0.1) is 12.4 Å². The molecule has 0 aliphatic carbocycles. The summed E-state index contributed by atoms with van der Waals surface area (Å²) in [7, 11) is 0. The topological polar surface area (TPSA) is 50.5 Å². The number of carbonyl (C=O) groups excluding carboxylic acids is 1. The Morgan fingerprint density at radius 3 is 2.78 bits per heavy atom. The Kier molecular flexibility index (Phi) is 2.98. The minimum absolute atomic E-state index is 0.0187. The molecular weight excluding hydrogens is 288 g/mol. The van der Waals surface area contributed by atoms with E-state index >= 15 is 0 Å². The SMILES string of the molecule is CC1(C)CN(C(=O)c2cc3cccn3cn2)C1c1ccncc1. The average molecular weight is 306 g/mol. The van der Waals surface area contributed by atoms with Crippen LogP contribution in [0.25, 0.3) is 5.52 Å². The van der Waals surface area contributed by atoms with Crippen molar-refractivity contribution < 1.29 is 4.79 Å². The number of hydrogen-bond acceptors (Lipinski definition) is 3. The molecule has 3 aromatic rings. The van der Waals surface area contributed by atoms with Crippen LogP contribution in [-0.2, 0) is 0 Å². The van der Waals surface area contributed by atoms with Crippen molar-refractivity contribution in [2.45, 2.75) is 19.9 Å². The molecule has 1 saturated heterocycles. The lowest BCUT2D eigenvalue weighted by atomic mass is 9.71. The van der Waals surface area contributed by atoms with Crippen LogP contribution >= 0.6 is 0 Å². The van der Waals surface area contributed by atoms with Crippen molar-refractivity contribution in [2.24, 2.45) is 5.41 Å². The van der Waals surface area contributed by atoms with Gasteiger partial charge in [-0.25, -0.2) is 4.98 Å². The Morgan fingerprint density at radius 1 is 1.26 bits per heavy atom. The van der Waals surface area contributed by atoms with Crippen molar-refractivity contribution in [3.05, 3.63) is 66.5 Å². The Labute approximate surface area is 134 Å². The predicted molar refractivity (Wildman–Crippen MR) is 87.0 cm³/mol. The van der Waals surface area contributed by atoms with E-state index in [-0.39, 0.29) is 17.4 Å². The molecule has 0 saturated carbocycles. The summed E-state index contributed by atoms with van der Waals surface area (Å²) in [5, 5.41) is 0. The summed E-state index contributed by atoms with van der Waals surface area (Å²) in [4.78, 5) is 23.2. The van der Waals surface area contributed by atoms with E-state index in [1.165, 1.54) is 0 Å². The number of rotatable bonds is 2. The van der Waals surface area contributed by atoms with Gasteiger partial charge in [-0.2, -0.15) is 0 Å². The molecule has 0 bridgehead atoms. The fraction of sp³-hybridized carbons (Fsp3) is 0.278. The third-order valence-corrected chi connectivity index (χ3v) is 4.55. The van der Waals surface area contributed by atoms with Gasteiger partial charge in [-0.15, -0.1) is 0 Å². The molecule has 5 nitrogen and oxygen atoms in total. The van der Waals surface area contributed by atoms with Gasteiger partial charge in [-0.05, 0) is 35.9 Å². The van der Waals surface area contributed by atoms with Crippen LogP contribution in [0.4, 0.5) is 0 Å². The molecule has 116 valence electrons. The standard InChI is InChI=1S/C18H18N4O/c1-18(2)11-22(16(18)13-5-7-19-8-6-13)17(23)15-10-14-4-3-9-21(14)12-20-15/h3-10,12,16H,11H2,1-2H3. The highest BCUT2D eigenvalue weighted by molar-refractivity contribution is 5.94. The highest BCUT2D eigenvalue weighted by atomic mass is 16.2. The van der Waals surface area contributed by atoms with Gasteiger partial charge in [0, 0.05) is 36.1 Å². The second-order valence-corrected chi connectivity index (χ2v) is 6.72. The Morgan fingerprint density at radius 2 is 2.04 bits per heavy atom. The van der Waals surface area contributed by atoms with Crippen molar-refractivity contribution in [3.8, 4) is 0 Å². The van der Waals surface area contributed by atoms with Crippen LogP contribution in [0.5, 0.6) is 0 Å². The number of fused-ring (bicyclic) bond motifs is 1. The molecule has 4 rings (SSSR count). The smallest absolute Gasteiger partial charge is 0.273 e. The largest absolute Gasteiger partial charge is 0.329 e. The van der Waals surface area contributed by atoms with Gasteiger partial charge in [0.15, 0.2) is 0 Å². The number of carbonyl (C=O) groups is 1. The number of amides is 1. The maximum absolute atomic E-state index is 12.9. The second kappa shape index (κ2) is 4.91. The summed E-state index contributed by atoms with van der Waals surface area (Å²) in [6.07, 6.45) is 7.16. The lowest BCUT2D eigenvalue weighted by Gasteiger charge is -2.54. The molecule has 3 aromatic heterocycles. The van der Waals surface area contributed by atoms with Gasteiger partial charge >= 0.3 is 0 Å². The summed E-state index contributed by atoms with van der Waals surface area (Å²) in [5.74, 6) is -0.0187. The highest BCUT2D eigenvalue weighted by Gasteiger charge is 2.49. The molecule has 1 amide bonds. The van der Waals surface area contributed by atoms with Crippen LogP contribution in [0.3, 0.4) is 0 Å². The molecule has 0 spiro atoms. The second-order valence-electron chi connectivity index (χ2n) is 6.72. The lowest BCUT2D eigenvalue weighted by molar-refractivity contribution is -0.0326. The third-order valence-electron chi connectivity index (χ3n) is 4.55. The van der Waals surface area contributed by atoms with Gasteiger partial charge < -0.3 is 9.30 Å². The molecule has 1 unspecified atom stereocenters. The molecule has 1 aliphatic heterocycles. The van der Waals surface area contributed by atoms with Crippen LogP contribution in [0, 0.1) is 5.41 Å². The fourth-order valence-corrected chi connectivity index (χ4v) is 3.49. The number of hydrogen-bond donors (Lipinski definition) is 0. The summed E-state index contributed by atoms with van der Waals surface area (Å²) >= 11 is 0. The van der Waals surface area contributed by atoms with Crippen LogP contribution < -0.4 is 0 Å². The molecule has 1 fully saturated rings. The van der Waals surface area contributed by atoms with Crippen LogP contribution in [-0.4, -0.2) is 31.7 Å². The zero-order chi connectivity index (χ0) is 16.0. The first-order chi connectivity index (χ1) is 11.1. The zero-order valence-corrected chi connectivity index (χ0v) is 13.2. The maximum Gasteiger partial charge on any atom is 0.273 e. The van der Waals surface area contributed by atoms with Crippen LogP contribution in [0.1, 0.15) is 35.9 Å². The monoisotopic (exact) mass is 306 g/mol. The first-order valence-corrected chi connectivity index (χ1v) is 7.70. The van der Waals surface area contributed by atoms with E-state index < -0.39 is 0 Å². The Hall–Kier alpha value is -2.69. The Balaban J connectivity index is 1.67. The summed E-state index contributed by atoms with van der Waals surface area (Å²) in [6, 6.07) is 9.78. The summed E-state index contributed by atoms with van der Waals surface area (Å²) in [5.41, 5.74) is 2.64. The maximum atomic E-state index is 12.9. The molecule has 1 atom stereocenters. The lowest BCUT2D eigenvalue weighted by Crippen LogP contribution is -2.58. The van der Waals surface area contributed by atoms with Crippen LogP contribution in [0.15, 0.2) is 55.2 Å². The molecule has 23 heavy (non-hydrogen) atoms. The molecule has 0 aromatic carbocycles. The fourth-order valence-electron chi connectivity index (χ4n) is 3.49. The van der Waals surface area contributed by atoms with Crippen LogP contribution in [0.2, 0.25) is 0 Å².